The Morgan fingerprint density at radius 2 is 1.73 bits per heavy atom. The summed E-state index contributed by atoms with van der Waals surface area (Å²) in [5, 5.41) is 21.9. The van der Waals surface area contributed by atoms with Gasteiger partial charge in [0, 0.05) is 16.6 Å². The molecule has 1 aliphatic heterocycles. The number of urea groups is 1. The van der Waals surface area contributed by atoms with Gasteiger partial charge in [0.2, 0.25) is 0 Å². The van der Waals surface area contributed by atoms with Crippen LogP contribution in [-0.2, 0) is 9.53 Å². The summed E-state index contributed by atoms with van der Waals surface area (Å²) in [5.74, 6) is 0.994. The zero-order valence-corrected chi connectivity index (χ0v) is 23.4. The topological polar surface area (TPSA) is 140 Å². The third-order valence-corrected chi connectivity index (χ3v) is 6.32. The number of aliphatic hydroxyl groups is 1. The minimum absolute atomic E-state index is 0.128. The molecule has 0 aliphatic carbocycles. The molecule has 41 heavy (non-hydrogen) atoms. The number of hydrazone groups is 1. The maximum atomic E-state index is 12.4. The van der Waals surface area contributed by atoms with Crippen LogP contribution >= 0.6 is 0 Å². The van der Waals surface area contributed by atoms with Gasteiger partial charge in [-0.05, 0) is 56.0 Å². The molecule has 0 aromatic heterocycles. The number of carbonyl (C=O) groups is 2. The second-order valence-electron chi connectivity index (χ2n) is 9.05. The van der Waals surface area contributed by atoms with Crippen LogP contribution in [0.4, 0.5) is 4.79 Å². The standard InChI is InChI=1S/C30H34N4O7/c1-5-39-23-13-12-20(21-9-7-8-10-22(21)23)16-31-34-26(35)17-41-24-14-11-19(15-25(24)40-6-2)28-27(29(36)38-4)18(3)32-30(37)33-28/h7-16,26,28,34-35H,5-6,17H2,1-4H3,(H2,32,33,37)/b31-16-/t26-,28+/m0/s1. The summed E-state index contributed by atoms with van der Waals surface area (Å²) in [6, 6.07) is 15.5. The summed E-state index contributed by atoms with van der Waals surface area (Å²) < 4.78 is 22.2. The summed E-state index contributed by atoms with van der Waals surface area (Å²) in [7, 11) is 1.28. The second kappa shape index (κ2) is 13.5. The molecule has 1 heterocycles. The van der Waals surface area contributed by atoms with Crippen molar-refractivity contribution in [2.75, 3.05) is 26.9 Å². The van der Waals surface area contributed by atoms with E-state index in [2.05, 4.69) is 21.2 Å². The first-order valence-electron chi connectivity index (χ1n) is 13.2. The van der Waals surface area contributed by atoms with Crippen molar-refractivity contribution in [2.45, 2.75) is 33.0 Å². The molecular weight excluding hydrogens is 528 g/mol. The summed E-state index contributed by atoms with van der Waals surface area (Å²) in [6.07, 6.45) is 0.512. The summed E-state index contributed by atoms with van der Waals surface area (Å²) >= 11 is 0. The van der Waals surface area contributed by atoms with Crippen LogP contribution in [0.2, 0.25) is 0 Å². The average Bonchev–Trinajstić information content (AvgIpc) is 2.97. The molecule has 3 aromatic carbocycles. The van der Waals surface area contributed by atoms with Crippen LogP contribution in [0.25, 0.3) is 10.8 Å². The van der Waals surface area contributed by atoms with Gasteiger partial charge in [-0.2, -0.15) is 5.10 Å². The Balaban J connectivity index is 1.45. The number of carbonyl (C=O) groups excluding carboxylic acids is 2. The SMILES string of the molecule is CCOc1cc([C@H]2NC(=O)NC(C)=C2C(=O)OC)ccc1OC[C@H](O)N/N=C\c1ccc(OCC)c2ccccc12. The molecule has 4 rings (SSSR count). The molecule has 0 fully saturated rings. The second-order valence-corrected chi connectivity index (χ2v) is 9.05. The van der Waals surface area contributed by atoms with Crippen molar-refractivity contribution >= 4 is 29.0 Å². The molecule has 11 heteroatoms. The van der Waals surface area contributed by atoms with Gasteiger partial charge in [-0.3, -0.25) is 5.43 Å². The molecule has 3 aromatic rings. The Labute approximate surface area is 238 Å². The van der Waals surface area contributed by atoms with Crippen molar-refractivity contribution in [1.82, 2.24) is 16.1 Å². The molecule has 2 amide bonds. The van der Waals surface area contributed by atoms with Gasteiger partial charge in [0.15, 0.2) is 17.7 Å². The molecule has 4 N–H and O–H groups in total. The number of methoxy groups -OCH3 is 1. The Hall–Kier alpha value is -4.77. The lowest BCUT2D eigenvalue weighted by molar-refractivity contribution is -0.136. The van der Waals surface area contributed by atoms with Crippen molar-refractivity contribution in [3.8, 4) is 17.2 Å². The minimum atomic E-state index is -1.12. The highest BCUT2D eigenvalue weighted by Crippen LogP contribution is 2.35. The molecule has 0 saturated carbocycles. The van der Waals surface area contributed by atoms with Crippen molar-refractivity contribution in [3.05, 3.63) is 77.0 Å². The van der Waals surface area contributed by atoms with E-state index < -0.39 is 24.3 Å². The highest BCUT2D eigenvalue weighted by atomic mass is 16.5. The quantitative estimate of drug-likeness (QED) is 0.113. The number of rotatable bonds is 12. The molecule has 11 nitrogen and oxygen atoms in total. The van der Waals surface area contributed by atoms with E-state index in [9.17, 15) is 14.7 Å². The average molecular weight is 563 g/mol. The van der Waals surface area contributed by atoms with E-state index in [1.165, 1.54) is 7.11 Å². The number of fused-ring (bicyclic) bond motifs is 1. The lowest BCUT2D eigenvalue weighted by atomic mass is 9.95. The van der Waals surface area contributed by atoms with E-state index in [1.54, 1.807) is 31.3 Å². The lowest BCUT2D eigenvalue weighted by Crippen LogP contribution is -2.45. The van der Waals surface area contributed by atoms with E-state index in [4.69, 9.17) is 18.9 Å². The Bertz CT molecular complexity index is 1470. The van der Waals surface area contributed by atoms with Crippen LogP contribution in [0.3, 0.4) is 0 Å². The van der Waals surface area contributed by atoms with Crippen molar-refractivity contribution in [3.63, 3.8) is 0 Å². The molecule has 0 radical (unpaired) electrons. The molecular formula is C30H34N4O7. The number of hydrogen-bond acceptors (Lipinski definition) is 9. The van der Waals surface area contributed by atoms with E-state index in [1.807, 2.05) is 50.2 Å². The summed E-state index contributed by atoms with van der Waals surface area (Å²) in [6.45, 7) is 6.18. The number of allylic oxidation sites excluding steroid dienone is 1. The van der Waals surface area contributed by atoms with Crippen molar-refractivity contribution < 1.29 is 33.6 Å². The molecule has 0 saturated heterocycles. The van der Waals surface area contributed by atoms with Crippen LogP contribution in [0, 0.1) is 0 Å². The molecule has 0 spiro atoms. The molecule has 0 unspecified atom stereocenters. The smallest absolute Gasteiger partial charge is 0.337 e. The predicted molar refractivity (Wildman–Crippen MR) is 154 cm³/mol. The predicted octanol–water partition coefficient (Wildman–Crippen LogP) is 3.76. The van der Waals surface area contributed by atoms with Gasteiger partial charge < -0.3 is 34.7 Å². The fourth-order valence-corrected chi connectivity index (χ4v) is 4.50. The van der Waals surface area contributed by atoms with Crippen LogP contribution < -0.4 is 30.3 Å². The molecule has 216 valence electrons. The fraction of sp³-hybridized carbons (Fsp3) is 0.300. The van der Waals surface area contributed by atoms with Crippen LogP contribution in [0.5, 0.6) is 17.2 Å². The zero-order chi connectivity index (χ0) is 29.4. The maximum absolute atomic E-state index is 12.4. The van der Waals surface area contributed by atoms with Gasteiger partial charge in [0.1, 0.15) is 12.4 Å². The first-order valence-corrected chi connectivity index (χ1v) is 13.2. The highest BCUT2D eigenvalue weighted by Gasteiger charge is 2.32. The number of esters is 1. The third kappa shape index (κ3) is 6.87. The van der Waals surface area contributed by atoms with E-state index in [0.717, 1.165) is 22.1 Å². The van der Waals surface area contributed by atoms with Crippen LogP contribution in [-0.4, -0.2) is 56.5 Å². The van der Waals surface area contributed by atoms with Crippen molar-refractivity contribution in [1.29, 1.82) is 0 Å². The Morgan fingerprint density at radius 3 is 2.46 bits per heavy atom. The van der Waals surface area contributed by atoms with Crippen LogP contribution in [0.15, 0.2) is 71.0 Å². The van der Waals surface area contributed by atoms with Crippen molar-refractivity contribution in [2.24, 2.45) is 5.10 Å². The van der Waals surface area contributed by atoms with E-state index in [-0.39, 0.29) is 12.2 Å². The minimum Gasteiger partial charge on any atom is -0.493 e. The van der Waals surface area contributed by atoms with Gasteiger partial charge >= 0.3 is 12.0 Å². The molecule has 2 atom stereocenters. The monoisotopic (exact) mass is 562 g/mol. The van der Waals surface area contributed by atoms with Gasteiger partial charge in [0.25, 0.3) is 0 Å². The first kappa shape index (κ1) is 29.2. The summed E-state index contributed by atoms with van der Waals surface area (Å²) in [5.41, 5.74) is 4.81. The number of hydrogen-bond donors (Lipinski definition) is 4. The lowest BCUT2D eigenvalue weighted by Gasteiger charge is -2.28. The van der Waals surface area contributed by atoms with Gasteiger partial charge in [-0.25, -0.2) is 9.59 Å². The normalized spacial score (nSPS) is 15.7. The number of ether oxygens (including phenoxy) is 4. The molecule has 0 bridgehead atoms. The van der Waals surface area contributed by atoms with Gasteiger partial charge in [0.05, 0.1) is 38.2 Å². The number of nitrogens with zero attached hydrogens (tertiary/aromatic N) is 1. The maximum Gasteiger partial charge on any atom is 0.337 e. The number of aliphatic hydroxyl groups excluding tert-OH is 1. The van der Waals surface area contributed by atoms with Crippen LogP contribution in [0.1, 0.15) is 37.9 Å². The number of nitrogens with one attached hydrogen (secondary N) is 3. The largest absolute Gasteiger partial charge is 0.493 e. The van der Waals surface area contributed by atoms with E-state index >= 15 is 0 Å². The Kier molecular flexibility index (Phi) is 9.64. The zero-order valence-electron chi connectivity index (χ0n) is 23.4. The number of benzene rings is 3. The van der Waals surface area contributed by atoms with Gasteiger partial charge in [-0.15, -0.1) is 0 Å². The number of amides is 2. The molecule has 1 aliphatic rings. The summed E-state index contributed by atoms with van der Waals surface area (Å²) in [4.78, 5) is 24.6. The first-order chi connectivity index (χ1) is 19.9. The Morgan fingerprint density at radius 1 is 1.02 bits per heavy atom. The van der Waals surface area contributed by atoms with Gasteiger partial charge in [-0.1, -0.05) is 30.3 Å². The highest BCUT2D eigenvalue weighted by molar-refractivity contribution is 6.02. The fourth-order valence-electron chi connectivity index (χ4n) is 4.50. The van der Waals surface area contributed by atoms with E-state index in [0.29, 0.717) is 36.0 Å². The third-order valence-electron chi connectivity index (χ3n) is 6.32.